The van der Waals surface area contributed by atoms with Crippen molar-refractivity contribution in [2.24, 2.45) is 5.92 Å². The highest BCUT2D eigenvalue weighted by molar-refractivity contribution is 7.48. The SMILES string of the molecule is [C-]#[N+]CCOP(=O)(OC[C@H]1O[C@@H](n2cnc3c(=O)[nH]c(NC(=O)C(C)C)nc32)[C@H](OC(c2ccccc2)(c2ccc(OC)cc2)c2ccc(OC)cc2)[C@@H]1OC)O[C@H]1C[C@H](c2snc3c(NC(=O)c4ccccc4)ncnc23)O[C@@H]1COC(c1ccccc1)(c1ccc(OC)cc1)c1ccc(OC)cc1. The van der Waals surface area contributed by atoms with Gasteiger partial charge in [-0.05, 0) is 106 Å². The van der Waals surface area contributed by atoms with Crippen LogP contribution in [-0.4, -0.2) is 138 Å². The molecular formula is C77H75N10O16PS. The van der Waals surface area contributed by atoms with Crippen LogP contribution >= 0.6 is 19.4 Å². The van der Waals surface area contributed by atoms with Crippen molar-refractivity contribution in [2.45, 2.75) is 74.3 Å². The molecule has 105 heavy (non-hydrogen) atoms. The maximum Gasteiger partial charge on any atom is 0.475 e. The standard InChI is InChI=1S/C77H75N10O16PS/c1-47(2)71(88)84-75-83-70-65(73(90)85-75)81-46-87(70)74-67(102-77(50-22-16-11-17-23-50,53-28-36-57(94-6)37-29-53)54-30-38-58(95-7)39-31-54)66(96-8)62(101-74)44-99-104(91,98-41-40-78-3)103-59-42-60(68-63-64(86-105-68)69(80-45-79-63)82-72(89)48-18-12-9-13-19-48)100-61(59)43-97-76(49-20-14-10-15-21-49,51-24-32-55(92-4)33-25-51)52-26-34-56(93-5)35-27-52/h9-39,45-47,59-62,66-67,74H,40-44H2,1-2,4-8H3,(H,79,80,82,89)(H2,83,84,85,88,90)/t59-,60+,61+,62+,66+,67+,74+,104?/m0/s1. The number of hydrogen-bond donors (Lipinski definition) is 3. The second kappa shape index (κ2) is 32.2. The van der Waals surface area contributed by atoms with Gasteiger partial charge in [-0.1, -0.05) is 141 Å². The van der Waals surface area contributed by atoms with Gasteiger partial charge in [0.15, 0.2) is 23.2 Å². The second-order valence-corrected chi connectivity index (χ2v) is 27.3. The fourth-order valence-electron chi connectivity index (χ4n) is 13.0. The van der Waals surface area contributed by atoms with Gasteiger partial charge in [-0.3, -0.25) is 42.8 Å². The molecular weight excluding hydrogens is 1380 g/mol. The van der Waals surface area contributed by atoms with E-state index in [1.165, 1.54) is 24.3 Å². The van der Waals surface area contributed by atoms with E-state index in [4.69, 9.17) is 72.1 Å². The van der Waals surface area contributed by atoms with E-state index in [0.29, 0.717) is 72.3 Å². The van der Waals surface area contributed by atoms with Gasteiger partial charge in [0.1, 0.15) is 88.7 Å². The minimum Gasteiger partial charge on any atom is -0.497 e. The van der Waals surface area contributed by atoms with Crippen molar-refractivity contribution in [3.8, 4) is 23.0 Å². The summed E-state index contributed by atoms with van der Waals surface area (Å²) in [4.78, 5) is 65.9. The molecule has 6 heterocycles. The van der Waals surface area contributed by atoms with E-state index >= 15 is 4.57 Å². The summed E-state index contributed by atoms with van der Waals surface area (Å²) in [6.45, 7) is 9.71. The average molecular weight is 1460 g/mol. The Bertz CT molecular complexity index is 4860. The van der Waals surface area contributed by atoms with Crippen molar-refractivity contribution < 1.29 is 70.4 Å². The molecule has 8 atom stereocenters. The van der Waals surface area contributed by atoms with Gasteiger partial charge in [-0.15, -0.1) is 0 Å². The number of amides is 2. The third-order valence-corrected chi connectivity index (χ3v) is 20.7. The summed E-state index contributed by atoms with van der Waals surface area (Å²) in [6, 6.07) is 57.7. The number of phosphoric ester groups is 1. The number of phosphoric acid groups is 1. The fourth-order valence-corrected chi connectivity index (χ4v) is 15.3. The number of carbonyl (C=O) groups is 2. The van der Waals surface area contributed by atoms with Crippen LogP contribution in [0.1, 0.15) is 81.2 Å². The number of aromatic nitrogens is 7. The van der Waals surface area contributed by atoms with Crippen LogP contribution in [0, 0.1) is 12.5 Å². The molecule has 2 fully saturated rings. The van der Waals surface area contributed by atoms with Crippen molar-refractivity contribution in [3.05, 3.63) is 266 Å². The quantitative estimate of drug-likeness (QED) is 0.0163. The van der Waals surface area contributed by atoms with E-state index in [2.05, 4.69) is 35.4 Å². The van der Waals surface area contributed by atoms with Crippen molar-refractivity contribution >= 4 is 65.1 Å². The zero-order chi connectivity index (χ0) is 73.2. The van der Waals surface area contributed by atoms with Crippen LogP contribution in [0.5, 0.6) is 23.0 Å². The number of nitrogens with zero attached hydrogens (tertiary/aromatic N) is 7. The minimum absolute atomic E-state index is 0.00355. The molecule has 11 aromatic rings. The van der Waals surface area contributed by atoms with Crippen LogP contribution in [0.25, 0.3) is 27.0 Å². The summed E-state index contributed by atoms with van der Waals surface area (Å²) in [5.41, 5.74) is 1.49. The Kier molecular flexibility index (Phi) is 22.3. The van der Waals surface area contributed by atoms with Crippen molar-refractivity contribution in [3.63, 3.8) is 0 Å². The average Bonchev–Trinajstić information content (AvgIpc) is 1.72. The van der Waals surface area contributed by atoms with Crippen LogP contribution in [0.4, 0.5) is 11.8 Å². The lowest BCUT2D eigenvalue weighted by Gasteiger charge is -2.40. The summed E-state index contributed by atoms with van der Waals surface area (Å²) in [6.07, 6.45) is -5.53. The monoisotopic (exact) mass is 1460 g/mol. The van der Waals surface area contributed by atoms with E-state index in [-0.39, 0.29) is 42.5 Å². The molecule has 0 aliphatic carbocycles. The number of carbonyl (C=O) groups excluding carboxylic acids is 2. The van der Waals surface area contributed by atoms with Crippen LogP contribution < -0.4 is 35.1 Å². The Morgan fingerprint density at radius 3 is 1.73 bits per heavy atom. The van der Waals surface area contributed by atoms with E-state index in [0.717, 1.165) is 17.1 Å². The third kappa shape index (κ3) is 15.1. The summed E-state index contributed by atoms with van der Waals surface area (Å²) in [5, 5.41) is 5.59. The second-order valence-electron chi connectivity index (χ2n) is 24.8. The molecule has 26 nitrogen and oxygen atoms in total. The van der Waals surface area contributed by atoms with Crippen LogP contribution in [0.15, 0.2) is 206 Å². The van der Waals surface area contributed by atoms with E-state index in [1.54, 1.807) is 66.6 Å². The molecule has 540 valence electrons. The molecule has 13 rings (SSSR count). The molecule has 3 N–H and O–H groups in total. The lowest BCUT2D eigenvalue weighted by molar-refractivity contribution is -0.126. The number of methoxy groups -OCH3 is 5. The van der Waals surface area contributed by atoms with Crippen molar-refractivity contribution in [1.82, 2.24) is 33.9 Å². The molecule has 28 heteroatoms. The highest BCUT2D eigenvalue weighted by atomic mass is 32.1. The Morgan fingerprint density at radius 2 is 1.19 bits per heavy atom. The van der Waals surface area contributed by atoms with E-state index < -0.39 is 98.4 Å². The number of rotatable bonds is 30. The molecule has 7 aromatic carbocycles. The van der Waals surface area contributed by atoms with Gasteiger partial charge in [0.2, 0.25) is 18.4 Å². The first kappa shape index (κ1) is 72.7. The minimum atomic E-state index is -4.97. The predicted molar refractivity (Wildman–Crippen MR) is 389 cm³/mol. The summed E-state index contributed by atoms with van der Waals surface area (Å²) in [5.74, 6) is 1.06. The molecule has 2 saturated heterocycles. The number of fused-ring (bicyclic) bond motifs is 2. The molecule has 0 spiro atoms. The molecule has 0 bridgehead atoms. The van der Waals surface area contributed by atoms with Crippen LogP contribution in [0.2, 0.25) is 0 Å². The molecule has 0 saturated carbocycles. The zero-order valence-electron chi connectivity index (χ0n) is 58.2. The number of hydrogen-bond acceptors (Lipinski definition) is 22. The number of aromatic amines is 1. The Balaban J connectivity index is 0.905. The highest BCUT2D eigenvalue weighted by Crippen LogP contribution is 2.56. The van der Waals surface area contributed by atoms with E-state index in [1.807, 2.05) is 164 Å². The molecule has 2 aliphatic rings. The molecule has 1 unspecified atom stereocenters. The highest BCUT2D eigenvalue weighted by Gasteiger charge is 2.54. The normalized spacial score (nSPS) is 18.7. The first-order valence-electron chi connectivity index (χ1n) is 33.6. The topological polar surface area (TPSA) is 293 Å². The number of benzene rings is 7. The fraction of sp³-hybridized carbons (Fsp3) is 0.286. The van der Waals surface area contributed by atoms with Crippen LogP contribution in [-0.2, 0) is 57.8 Å². The van der Waals surface area contributed by atoms with Crippen molar-refractivity contribution in [2.75, 3.05) is 72.5 Å². The summed E-state index contributed by atoms with van der Waals surface area (Å²) >= 11 is 1.08. The zero-order valence-corrected chi connectivity index (χ0v) is 59.9. The Hall–Kier alpha value is -10.6. The first-order chi connectivity index (χ1) is 51.1. The smallest absolute Gasteiger partial charge is 0.475 e. The van der Waals surface area contributed by atoms with Gasteiger partial charge in [0.25, 0.3) is 11.5 Å². The summed E-state index contributed by atoms with van der Waals surface area (Å²) < 4.78 is 101. The number of anilines is 2. The maximum atomic E-state index is 16.3. The van der Waals surface area contributed by atoms with Crippen LogP contribution in [0.3, 0.4) is 0 Å². The molecule has 2 amide bonds. The first-order valence-corrected chi connectivity index (χ1v) is 35.9. The largest absolute Gasteiger partial charge is 0.497 e. The lowest BCUT2D eigenvalue weighted by Crippen LogP contribution is -2.45. The van der Waals surface area contributed by atoms with Gasteiger partial charge in [0, 0.05) is 25.0 Å². The molecule has 4 aromatic heterocycles. The predicted octanol–water partition coefficient (Wildman–Crippen LogP) is 12.7. The van der Waals surface area contributed by atoms with Crippen molar-refractivity contribution in [1.29, 1.82) is 0 Å². The lowest BCUT2D eigenvalue weighted by atomic mass is 9.79. The number of imidazole rings is 1. The Morgan fingerprint density at radius 1 is 0.648 bits per heavy atom. The maximum absolute atomic E-state index is 16.3. The van der Waals surface area contributed by atoms with Gasteiger partial charge in [-0.25, -0.2) is 26.1 Å². The summed E-state index contributed by atoms with van der Waals surface area (Å²) in [7, 11) is 2.81. The molecule has 2 aliphatic heterocycles. The number of H-pyrrole nitrogens is 1. The van der Waals surface area contributed by atoms with Gasteiger partial charge in [0.05, 0.1) is 59.0 Å². The van der Waals surface area contributed by atoms with Gasteiger partial charge < -0.3 is 52.8 Å². The van der Waals surface area contributed by atoms with Gasteiger partial charge in [-0.2, -0.15) is 9.36 Å². The Labute approximate surface area is 608 Å². The van der Waals surface area contributed by atoms with Gasteiger partial charge >= 0.3 is 7.82 Å². The number of ether oxygens (including phenoxy) is 9. The molecule has 0 radical (unpaired) electrons. The van der Waals surface area contributed by atoms with E-state index in [9.17, 15) is 14.4 Å². The third-order valence-electron chi connectivity index (χ3n) is 18.3. The number of nitrogens with one attached hydrogen (secondary N) is 3.